The van der Waals surface area contributed by atoms with Gasteiger partial charge in [-0.1, -0.05) is 89.4 Å². The van der Waals surface area contributed by atoms with Gasteiger partial charge in [-0.3, -0.25) is 9.59 Å². The van der Waals surface area contributed by atoms with E-state index in [1.807, 2.05) is 37.3 Å². The summed E-state index contributed by atoms with van der Waals surface area (Å²) in [6.45, 7) is 1.36. The monoisotopic (exact) mass is 637 g/mol. The molecule has 0 aromatic heterocycles. The highest BCUT2D eigenvalue weighted by molar-refractivity contribution is 7.89. The van der Waals surface area contributed by atoms with Gasteiger partial charge in [0.1, 0.15) is 5.75 Å². The molecule has 0 bridgehead atoms. The van der Waals surface area contributed by atoms with Crippen LogP contribution in [0.2, 0.25) is 10.0 Å². The first kappa shape index (κ1) is 30.6. The van der Waals surface area contributed by atoms with E-state index in [0.717, 1.165) is 15.4 Å². The maximum Gasteiger partial charge on any atom is 0.263 e. The van der Waals surface area contributed by atoms with Crippen LogP contribution in [-0.2, 0) is 32.7 Å². The number of carbonyl (C=O) groups excluding carboxylic acids is 2. The van der Waals surface area contributed by atoms with Crippen LogP contribution in [0.4, 0.5) is 5.69 Å². The van der Waals surface area contributed by atoms with Crippen molar-refractivity contribution < 1.29 is 22.7 Å². The Balaban J connectivity index is 1.42. The summed E-state index contributed by atoms with van der Waals surface area (Å²) in [5.74, 6) is -0.582. The van der Waals surface area contributed by atoms with Crippen LogP contribution in [0.3, 0.4) is 0 Å². The van der Waals surface area contributed by atoms with Gasteiger partial charge in [-0.05, 0) is 54.4 Å². The van der Waals surface area contributed by atoms with E-state index in [1.165, 1.54) is 23.1 Å². The predicted molar refractivity (Wildman–Crippen MR) is 167 cm³/mol. The largest absolute Gasteiger partial charge is 0.477 e. The normalized spacial score (nSPS) is 14.6. The van der Waals surface area contributed by atoms with Crippen LogP contribution in [-0.4, -0.2) is 43.7 Å². The molecule has 0 radical (unpaired) electrons. The molecule has 43 heavy (non-hydrogen) atoms. The number of rotatable bonds is 9. The molecule has 8 nitrogen and oxygen atoms in total. The topological polar surface area (TPSA) is 96.0 Å². The lowest BCUT2D eigenvalue weighted by Gasteiger charge is -2.35. The van der Waals surface area contributed by atoms with Crippen LogP contribution < -0.4 is 15.0 Å². The molecule has 4 aromatic rings. The molecule has 1 atom stereocenters. The van der Waals surface area contributed by atoms with Gasteiger partial charge in [0, 0.05) is 23.1 Å². The summed E-state index contributed by atoms with van der Waals surface area (Å²) in [4.78, 5) is 28.5. The lowest BCUT2D eigenvalue weighted by atomic mass is 10.1. The highest BCUT2D eigenvalue weighted by atomic mass is 35.5. The van der Waals surface area contributed by atoms with Crippen molar-refractivity contribution in [3.8, 4) is 5.75 Å². The molecule has 1 N–H and O–H groups in total. The third-order valence-electron chi connectivity index (χ3n) is 7.01. The van der Waals surface area contributed by atoms with Crippen molar-refractivity contribution in [1.29, 1.82) is 0 Å². The molecule has 1 aliphatic heterocycles. The molecule has 222 valence electrons. The quantitative estimate of drug-likeness (QED) is 0.258. The number of fused-ring (bicyclic) bond motifs is 1. The number of aryl methyl sites for hydroxylation is 1. The fourth-order valence-electron chi connectivity index (χ4n) is 4.67. The minimum atomic E-state index is -4.14. The number of anilines is 1. The van der Waals surface area contributed by atoms with Crippen molar-refractivity contribution in [2.75, 3.05) is 18.0 Å². The second kappa shape index (κ2) is 13.2. The van der Waals surface area contributed by atoms with E-state index in [2.05, 4.69) is 5.32 Å². The van der Waals surface area contributed by atoms with Gasteiger partial charge >= 0.3 is 0 Å². The van der Waals surface area contributed by atoms with E-state index in [4.69, 9.17) is 27.9 Å². The molecule has 0 fully saturated rings. The molecule has 0 aliphatic carbocycles. The number of nitrogens with zero attached hydrogens (tertiary/aromatic N) is 2. The van der Waals surface area contributed by atoms with Gasteiger partial charge in [-0.15, -0.1) is 0 Å². The van der Waals surface area contributed by atoms with Crippen LogP contribution in [0.15, 0.2) is 102 Å². The minimum absolute atomic E-state index is 0.0385. The number of benzene rings is 4. The van der Waals surface area contributed by atoms with E-state index >= 15 is 0 Å². The second-order valence-corrected chi connectivity index (χ2v) is 12.9. The lowest BCUT2D eigenvalue weighted by molar-refractivity contribution is -0.128. The Kier molecular flexibility index (Phi) is 9.37. The summed E-state index contributed by atoms with van der Waals surface area (Å²) < 4.78 is 34.8. The van der Waals surface area contributed by atoms with Crippen molar-refractivity contribution in [3.05, 3.63) is 124 Å². The molecule has 1 aliphatic rings. The number of halogens is 2. The fourth-order valence-corrected chi connectivity index (χ4v) is 6.50. The van der Waals surface area contributed by atoms with E-state index in [1.54, 1.807) is 48.5 Å². The Morgan fingerprint density at radius 1 is 0.953 bits per heavy atom. The molecule has 1 heterocycles. The molecule has 0 saturated heterocycles. The Morgan fingerprint density at radius 3 is 2.37 bits per heavy atom. The maximum atomic E-state index is 14.0. The van der Waals surface area contributed by atoms with E-state index < -0.39 is 34.5 Å². The molecule has 11 heteroatoms. The van der Waals surface area contributed by atoms with Crippen LogP contribution in [0, 0.1) is 6.92 Å². The third kappa shape index (κ3) is 7.19. The SMILES string of the molecule is Cc1ccc(S(=O)(=O)N(CC(=O)N2C[C@@H](C(=O)NCc3ccccc3)Oc3ccccc32)Cc2ccc(Cl)cc2Cl)cc1. The molecular formula is C32H29Cl2N3O5S. The Labute approximate surface area is 260 Å². The second-order valence-electron chi connectivity index (χ2n) is 10.1. The van der Waals surface area contributed by atoms with E-state index in [9.17, 15) is 18.0 Å². The average molecular weight is 639 g/mol. The van der Waals surface area contributed by atoms with Gasteiger partial charge in [0.15, 0.2) is 6.10 Å². The van der Waals surface area contributed by atoms with Crippen LogP contribution in [0.1, 0.15) is 16.7 Å². The van der Waals surface area contributed by atoms with E-state index in [-0.39, 0.29) is 23.0 Å². The number of carbonyl (C=O) groups is 2. The minimum Gasteiger partial charge on any atom is -0.477 e. The standard InChI is InChI=1S/C32H29Cl2N3O5S/c1-22-11-15-26(16-12-22)43(40,41)36(19-24-13-14-25(33)17-27(24)34)21-31(38)37-20-30(42-29-10-6-5-9-28(29)37)32(39)35-18-23-7-3-2-4-8-23/h2-17,30H,18-21H2,1H3,(H,35,39)/t30-/m0/s1. The van der Waals surface area contributed by atoms with Gasteiger partial charge < -0.3 is 15.0 Å². The maximum absolute atomic E-state index is 14.0. The smallest absolute Gasteiger partial charge is 0.263 e. The van der Waals surface area contributed by atoms with Crippen molar-refractivity contribution in [1.82, 2.24) is 9.62 Å². The Morgan fingerprint density at radius 2 is 1.65 bits per heavy atom. The summed E-state index contributed by atoms with van der Waals surface area (Å²) in [7, 11) is -4.14. The van der Waals surface area contributed by atoms with Gasteiger partial charge in [0.25, 0.3) is 5.91 Å². The number of ether oxygens (including phenoxy) is 1. The molecule has 2 amide bonds. The first-order chi connectivity index (χ1) is 20.6. The van der Waals surface area contributed by atoms with Crippen molar-refractivity contribution >= 4 is 50.7 Å². The van der Waals surface area contributed by atoms with Gasteiger partial charge in [0.05, 0.1) is 23.7 Å². The molecule has 5 rings (SSSR count). The van der Waals surface area contributed by atoms with E-state index in [0.29, 0.717) is 28.6 Å². The lowest BCUT2D eigenvalue weighted by Crippen LogP contribution is -2.52. The number of hydrogen-bond acceptors (Lipinski definition) is 5. The van der Waals surface area contributed by atoms with Crippen molar-refractivity contribution in [2.45, 2.75) is 31.0 Å². The zero-order valence-electron chi connectivity index (χ0n) is 23.2. The first-order valence-electron chi connectivity index (χ1n) is 13.5. The number of hydrogen-bond donors (Lipinski definition) is 1. The van der Waals surface area contributed by atoms with Crippen LogP contribution in [0.5, 0.6) is 5.75 Å². The third-order valence-corrected chi connectivity index (χ3v) is 9.40. The summed E-state index contributed by atoms with van der Waals surface area (Å²) in [6, 6.07) is 27.4. The molecule has 0 saturated carbocycles. The van der Waals surface area contributed by atoms with Crippen LogP contribution in [0.25, 0.3) is 0 Å². The summed E-state index contributed by atoms with van der Waals surface area (Å²) >= 11 is 12.5. The summed E-state index contributed by atoms with van der Waals surface area (Å²) in [5, 5.41) is 3.54. The molecular weight excluding hydrogens is 609 g/mol. The molecule has 0 unspecified atom stereocenters. The average Bonchev–Trinajstić information content (AvgIpc) is 3.00. The highest BCUT2D eigenvalue weighted by Crippen LogP contribution is 2.34. The number of amides is 2. The number of sulfonamides is 1. The summed E-state index contributed by atoms with van der Waals surface area (Å²) in [6.07, 6.45) is -1.00. The summed E-state index contributed by atoms with van der Waals surface area (Å²) in [5.41, 5.74) is 2.73. The van der Waals surface area contributed by atoms with Crippen molar-refractivity contribution in [2.24, 2.45) is 0 Å². The Hall–Kier alpha value is -3.89. The zero-order valence-corrected chi connectivity index (χ0v) is 25.6. The number of para-hydroxylation sites is 2. The van der Waals surface area contributed by atoms with Gasteiger partial charge in [-0.25, -0.2) is 8.42 Å². The Bertz CT molecular complexity index is 1730. The van der Waals surface area contributed by atoms with Crippen LogP contribution >= 0.6 is 23.2 Å². The molecule has 0 spiro atoms. The van der Waals surface area contributed by atoms with Gasteiger partial charge in [0.2, 0.25) is 15.9 Å². The number of nitrogens with one attached hydrogen (secondary N) is 1. The zero-order chi connectivity index (χ0) is 30.6. The van der Waals surface area contributed by atoms with Crippen molar-refractivity contribution in [3.63, 3.8) is 0 Å². The highest BCUT2D eigenvalue weighted by Gasteiger charge is 2.36. The first-order valence-corrected chi connectivity index (χ1v) is 15.7. The van der Waals surface area contributed by atoms with Gasteiger partial charge in [-0.2, -0.15) is 4.31 Å². The fraction of sp³-hybridized carbons (Fsp3) is 0.188. The predicted octanol–water partition coefficient (Wildman–Crippen LogP) is 5.60. The molecule has 4 aromatic carbocycles.